The molecule has 80 valence electrons. The third-order valence-electron chi connectivity index (χ3n) is 1.56. The Labute approximate surface area is 89.5 Å². The fraction of sp³-hybridized carbons (Fsp3) is 0.333. The average Bonchev–Trinajstić information content (AvgIpc) is 2.02. The summed E-state index contributed by atoms with van der Waals surface area (Å²) in [4.78, 5) is 0. The molecule has 14 heavy (non-hydrogen) atoms. The minimum atomic E-state index is -3.87. The standard InChI is InChI=1S/C8H9ClO3S.CH4/c9-8-3-1-7(2-4-8)5-6-13(10,11)12;/h1-4H,5-6H2,(H,10,11,12);1H4. The Morgan fingerprint density at radius 3 is 2.14 bits per heavy atom. The van der Waals surface area contributed by atoms with Gasteiger partial charge in [0, 0.05) is 5.02 Å². The fourth-order valence-electron chi connectivity index (χ4n) is 0.898. The summed E-state index contributed by atoms with van der Waals surface area (Å²) in [6.45, 7) is 0. The highest BCUT2D eigenvalue weighted by atomic mass is 35.5. The van der Waals surface area contributed by atoms with Gasteiger partial charge in [-0.3, -0.25) is 4.55 Å². The molecule has 0 bridgehead atoms. The molecule has 3 nitrogen and oxygen atoms in total. The van der Waals surface area contributed by atoms with Gasteiger partial charge in [0.25, 0.3) is 10.1 Å². The predicted octanol–water partition coefficient (Wildman–Crippen LogP) is 2.41. The van der Waals surface area contributed by atoms with Crippen molar-refractivity contribution in [1.82, 2.24) is 0 Å². The zero-order chi connectivity index (χ0) is 9.90. The summed E-state index contributed by atoms with van der Waals surface area (Å²) in [6, 6.07) is 6.82. The van der Waals surface area contributed by atoms with Crippen LogP contribution in [0.3, 0.4) is 0 Å². The number of benzene rings is 1. The molecule has 1 aromatic rings. The van der Waals surface area contributed by atoms with Crippen LogP contribution in [-0.2, 0) is 16.5 Å². The molecule has 1 rings (SSSR count). The van der Waals surface area contributed by atoms with Crippen molar-refractivity contribution in [2.24, 2.45) is 0 Å². The van der Waals surface area contributed by atoms with Crippen LogP contribution in [0.25, 0.3) is 0 Å². The van der Waals surface area contributed by atoms with Gasteiger partial charge in [-0.1, -0.05) is 31.2 Å². The van der Waals surface area contributed by atoms with Gasteiger partial charge in [-0.25, -0.2) is 0 Å². The highest BCUT2D eigenvalue weighted by molar-refractivity contribution is 7.85. The van der Waals surface area contributed by atoms with Gasteiger partial charge in [-0.15, -0.1) is 0 Å². The van der Waals surface area contributed by atoms with Gasteiger partial charge in [-0.05, 0) is 24.1 Å². The van der Waals surface area contributed by atoms with Crippen molar-refractivity contribution in [3.8, 4) is 0 Å². The molecular formula is C9H13ClO3S. The van der Waals surface area contributed by atoms with Crippen LogP contribution in [0.5, 0.6) is 0 Å². The minimum Gasteiger partial charge on any atom is -0.286 e. The van der Waals surface area contributed by atoms with E-state index in [1.807, 2.05) is 0 Å². The molecule has 0 unspecified atom stereocenters. The first-order valence-corrected chi connectivity index (χ1v) is 5.66. The normalized spacial score (nSPS) is 10.7. The van der Waals surface area contributed by atoms with Gasteiger partial charge in [0.1, 0.15) is 0 Å². The number of aryl methyl sites for hydroxylation is 1. The third kappa shape index (κ3) is 5.21. The first-order chi connectivity index (χ1) is 5.97. The predicted molar refractivity (Wildman–Crippen MR) is 58.3 cm³/mol. The zero-order valence-corrected chi connectivity index (χ0v) is 8.35. The van der Waals surface area contributed by atoms with Gasteiger partial charge in [0.2, 0.25) is 0 Å². The van der Waals surface area contributed by atoms with Crippen LogP contribution in [0.1, 0.15) is 13.0 Å². The molecule has 0 saturated heterocycles. The lowest BCUT2D eigenvalue weighted by Crippen LogP contribution is -2.06. The van der Waals surface area contributed by atoms with Crippen molar-refractivity contribution in [2.45, 2.75) is 13.8 Å². The molecule has 0 aliphatic heterocycles. The molecule has 0 spiro atoms. The molecule has 0 fully saturated rings. The highest BCUT2D eigenvalue weighted by Crippen LogP contribution is 2.10. The summed E-state index contributed by atoms with van der Waals surface area (Å²) in [5.41, 5.74) is 0.835. The van der Waals surface area contributed by atoms with E-state index >= 15 is 0 Å². The fourth-order valence-corrected chi connectivity index (χ4v) is 1.52. The van der Waals surface area contributed by atoms with Crippen molar-refractivity contribution in [3.05, 3.63) is 34.9 Å². The van der Waals surface area contributed by atoms with Crippen LogP contribution in [-0.4, -0.2) is 18.7 Å². The summed E-state index contributed by atoms with van der Waals surface area (Å²) >= 11 is 5.63. The van der Waals surface area contributed by atoms with E-state index in [-0.39, 0.29) is 13.2 Å². The molecule has 0 atom stereocenters. The summed E-state index contributed by atoms with van der Waals surface area (Å²) in [5.74, 6) is -0.255. The van der Waals surface area contributed by atoms with E-state index in [0.717, 1.165) is 5.56 Å². The van der Waals surface area contributed by atoms with Crippen molar-refractivity contribution >= 4 is 21.7 Å². The minimum absolute atomic E-state index is 0. The maximum atomic E-state index is 10.4. The maximum absolute atomic E-state index is 10.4. The molecule has 0 aliphatic rings. The Morgan fingerprint density at radius 2 is 1.71 bits per heavy atom. The molecule has 0 aliphatic carbocycles. The largest absolute Gasteiger partial charge is 0.286 e. The SMILES string of the molecule is C.O=S(=O)(O)CCc1ccc(Cl)cc1. The molecule has 0 saturated carbocycles. The summed E-state index contributed by atoms with van der Waals surface area (Å²) < 4.78 is 29.3. The maximum Gasteiger partial charge on any atom is 0.265 e. The Hall–Kier alpha value is -0.580. The van der Waals surface area contributed by atoms with Crippen molar-refractivity contribution < 1.29 is 13.0 Å². The van der Waals surface area contributed by atoms with Crippen LogP contribution < -0.4 is 0 Å². The van der Waals surface area contributed by atoms with Gasteiger partial charge in [0.15, 0.2) is 0 Å². The first-order valence-electron chi connectivity index (χ1n) is 3.67. The molecule has 0 radical (unpaired) electrons. The van der Waals surface area contributed by atoms with E-state index in [1.165, 1.54) is 0 Å². The van der Waals surface area contributed by atoms with Gasteiger partial charge < -0.3 is 0 Å². The highest BCUT2D eigenvalue weighted by Gasteiger charge is 2.04. The monoisotopic (exact) mass is 236 g/mol. The van der Waals surface area contributed by atoms with Crippen molar-refractivity contribution in [3.63, 3.8) is 0 Å². The second-order valence-electron chi connectivity index (χ2n) is 2.66. The van der Waals surface area contributed by atoms with Crippen LogP contribution in [0.15, 0.2) is 24.3 Å². The summed E-state index contributed by atoms with van der Waals surface area (Å²) in [5, 5.41) is 0.607. The van der Waals surface area contributed by atoms with Gasteiger partial charge >= 0.3 is 0 Å². The Bertz CT molecular complexity index is 370. The molecule has 1 N–H and O–H groups in total. The number of halogens is 1. The van der Waals surface area contributed by atoms with E-state index in [9.17, 15) is 8.42 Å². The molecular weight excluding hydrogens is 224 g/mol. The van der Waals surface area contributed by atoms with E-state index in [2.05, 4.69) is 0 Å². The van der Waals surface area contributed by atoms with Crippen LogP contribution in [0, 0.1) is 0 Å². The van der Waals surface area contributed by atoms with Crippen molar-refractivity contribution in [1.29, 1.82) is 0 Å². The topological polar surface area (TPSA) is 54.4 Å². The first kappa shape index (κ1) is 13.4. The van der Waals surface area contributed by atoms with Crippen LogP contribution in [0.2, 0.25) is 5.02 Å². The Balaban J connectivity index is 0.00000169. The van der Waals surface area contributed by atoms with Gasteiger partial charge in [0.05, 0.1) is 5.75 Å². The summed E-state index contributed by atoms with van der Waals surface area (Å²) in [6.07, 6.45) is 0.302. The van der Waals surface area contributed by atoms with E-state index in [1.54, 1.807) is 24.3 Å². The van der Waals surface area contributed by atoms with Crippen LogP contribution in [0.4, 0.5) is 0 Å². The Morgan fingerprint density at radius 1 is 1.21 bits per heavy atom. The lowest BCUT2D eigenvalue weighted by atomic mass is 10.2. The lowest BCUT2D eigenvalue weighted by Gasteiger charge is -1.98. The molecule has 1 aromatic carbocycles. The zero-order valence-electron chi connectivity index (χ0n) is 6.77. The third-order valence-corrected chi connectivity index (χ3v) is 2.53. The second kappa shape index (κ2) is 5.34. The summed E-state index contributed by atoms with van der Waals surface area (Å²) in [7, 11) is -3.87. The molecule has 5 heteroatoms. The lowest BCUT2D eigenvalue weighted by molar-refractivity contribution is 0.482. The molecule has 0 aromatic heterocycles. The number of hydrogen-bond donors (Lipinski definition) is 1. The van der Waals surface area contributed by atoms with Crippen molar-refractivity contribution in [2.75, 3.05) is 5.75 Å². The second-order valence-corrected chi connectivity index (χ2v) is 4.67. The smallest absolute Gasteiger partial charge is 0.265 e. The quantitative estimate of drug-likeness (QED) is 0.820. The number of hydrogen-bond acceptors (Lipinski definition) is 2. The average molecular weight is 237 g/mol. The van der Waals surface area contributed by atoms with Crippen LogP contribution >= 0.6 is 11.6 Å². The van der Waals surface area contributed by atoms with E-state index in [0.29, 0.717) is 11.4 Å². The molecule has 0 amide bonds. The Kier molecular flexibility index (Phi) is 5.12. The van der Waals surface area contributed by atoms with E-state index in [4.69, 9.17) is 16.2 Å². The van der Waals surface area contributed by atoms with E-state index < -0.39 is 10.1 Å². The van der Waals surface area contributed by atoms with Gasteiger partial charge in [-0.2, -0.15) is 8.42 Å². The molecule has 0 heterocycles. The number of rotatable bonds is 3.